The van der Waals surface area contributed by atoms with Gasteiger partial charge >= 0.3 is 0 Å². The maximum Gasteiger partial charge on any atom is 0.287 e. The van der Waals surface area contributed by atoms with Gasteiger partial charge in [-0.25, -0.2) is 0 Å². The minimum atomic E-state index is -0.180. The number of carbonyl (C=O) groups excluding carboxylic acids is 1. The molecule has 1 aliphatic rings. The molecule has 0 bridgehead atoms. The zero-order valence-corrected chi connectivity index (χ0v) is 18.0. The van der Waals surface area contributed by atoms with Crippen LogP contribution in [0.5, 0.6) is 0 Å². The molecule has 3 nitrogen and oxygen atoms in total. The summed E-state index contributed by atoms with van der Waals surface area (Å²) in [6.07, 6.45) is 3.12. The monoisotopic (exact) mass is 385 g/mol. The van der Waals surface area contributed by atoms with Crippen molar-refractivity contribution in [3.8, 4) is 0 Å². The standard InChI is InChI=1S/C23H31NO2S/c1-15-12-18-19(23(4,5)9-8-22(18,2)3)14-16(15)13-17-6-7-20(26-17)21(25)24-10-11-27/h6-7,12,14,27H,8-11,13H2,1-5H3,(H,24,25). The van der Waals surface area contributed by atoms with Gasteiger partial charge in [0.15, 0.2) is 5.76 Å². The van der Waals surface area contributed by atoms with E-state index in [1.807, 2.05) is 6.07 Å². The van der Waals surface area contributed by atoms with E-state index >= 15 is 0 Å². The van der Waals surface area contributed by atoms with Gasteiger partial charge in [-0.2, -0.15) is 12.6 Å². The molecule has 0 saturated heterocycles. The van der Waals surface area contributed by atoms with Crippen LogP contribution in [0.4, 0.5) is 0 Å². The lowest BCUT2D eigenvalue weighted by Crippen LogP contribution is -2.34. The van der Waals surface area contributed by atoms with Gasteiger partial charge < -0.3 is 9.73 Å². The van der Waals surface area contributed by atoms with Crippen LogP contribution in [0.1, 0.15) is 79.1 Å². The van der Waals surface area contributed by atoms with Crippen molar-refractivity contribution in [2.24, 2.45) is 0 Å². The third-order valence-electron chi connectivity index (χ3n) is 5.96. The molecule has 0 radical (unpaired) electrons. The summed E-state index contributed by atoms with van der Waals surface area (Å²) in [7, 11) is 0. The largest absolute Gasteiger partial charge is 0.456 e. The van der Waals surface area contributed by atoms with Gasteiger partial charge in [0.25, 0.3) is 5.91 Å². The van der Waals surface area contributed by atoms with Crippen LogP contribution >= 0.6 is 12.6 Å². The van der Waals surface area contributed by atoms with Gasteiger partial charge in [-0.1, -0.05) is 39.8 Å². The van der Waals surface area contributed by atoms with Crippen LogP contribution in [-0.4, -0.2) is 18.2 Å². The van der Waals surface area contributed by atoms with E-state index in [1.54, 1.807) is 6.07 Å². The predicted octanol–water partition coefficient (Wildman–Crippen LogP) is 5.19. The zero-order valence-electron chi connectivity index (χ0n) is 17.1. The molecule has 1 heterocycles. The Labute approximate surface area is 168 Å². The second kappa shape index (κ2) is 7.38. The van der Waals surface area contributed by atoms with Crippen LogP contribution in [0.25, 0.3) is 0 Å². The Bertz CT molecular complexity index is 848. The number of benzene rings is 1. The molecule has 2 aromatic rings. The molecule has 0 spiro atoms. The summed E-state index contributed by atoms with van der Waals surface area (Å²) in [4.78, 5) is 12.0. The predicted molar refractivity (Wildman–Crippen MR) is 114 cm³/mol. The first kappa shape index (κ1) is 20.1. The van der Waals surface area contributed by atoms with Crippen molar-refractivity contribution in [2.45, 2.75) is 64.7 Å². The SMILES string of the molecule is Cc1cc2c(cc1Cc1ccc(C(=O)NCCS)o1)C(C)(C)CCC2(C)C. The van der Waals surface area contributed by atoms with Crippen LogP contribution in [0.3, 0.4) is 0 Å². The highest BCUT2D eigenvalue weighted by Crippen LogP contribution is 2.46. The Kier molecular flexibility index (Phi) is 5.49. The number of aryl methyl sites for hydroxylation is 1. The maximum atomic E-state index is 12.0. The quantitative estimate of drug-likeness (QED) is 0.696. The molecule has 1 amide bonds. The first-order valence-electron chi connectivity index (χ1n) is 9.76. The van der Waals surface area contributed by atoms with E-state index < -0.39 is 0 Å². The van der Waals surface area contributed by atoms with E-state index in [2.05, 4.69) is 64.7 Å². The van der Waals surface area contributed by atoms with E-state index in [4.69, 9.17) is 4.42 Å². The summed E-state index contributed by atoms with van der Waals surface area (Å²) in [5.74, 6) is 1.62. The molecule has 1 aromatic heterocycles. The van der Waals surface area contributed by atoms with Crippen molar-refractivity contribution in [1.82, 2.24) is 5.32 Å². The molecule has 0 fully saturated rings. The van der Waals surface area contributed by atoms with Crippen LogP contribution in [0, 0.1) is 6.92 Å². The van der Waals surface area contributed by atoms with Crippen molar-refractivity contribution in [3.63, 3.8) is 0 Å². The second-order valence-electron chi connectivity index (χ2n) is 9.01. The fourth-order valence-corrected chi connectivity index (χ4v) is 4.11. The van der Waals surface area contributed by atoms with E-state index in [1.165, 1.54) is 35.1 Å². The van der Waals surface area contributed by atoms with Gasteiger partial charge in [-0.15, -0.1) is 0 Å². The van der Waals surface area contributed by atoms with Gasteiger partial charge in [-0.05, 0) is 65.0 Å². The summed E-state index contributed by atoms with van der Waals surface area (Å²) in [6.45, 7) is 12.1. The molecular weight excluding hydrogens is 354 g/mol. The number of carbonyl (C=O) groups is 1. The highest BCUT2D eigenvalue weighted by molar-refractivity contribution is 7.80. The lowest BCUT2D eigenvalue weighted by Gasteiger charge is -2.42. The van der Waals surface area contributed by atoms with Crippen molar-refractivity contribution >= 4 is 18.5 Å². The Morgan fingerprint density at radius 1 is 1.11 bits per heavy atom. The van der Waals surface area contributed by atoms with Crippen LogP contribution in [-0.2, 0) is 17.3 Å². The topological polar surface area (TPSA) is 42.2 Å². The maximum absolute atomic E-state index is 12.0. The first-order chi connectivity index (χ1) is 12.6. The lowest BCUT2D eigenvalue weighted by molar-refractivity contribution is 0.0927. The Hall–Kier alpha value is -1.68. The summed E-state index contributed by atoms with van der Waals surface area (Å²) in [5, 5.41) is 2.79. The summed E-state index contributed by atoms with van der Waals surface area (Å²) < 4.78 is 5.80. The van der Waals surface area contributed by atoms with Gasteiger partial charge in [0, 0.05) is 18.7 Å². The number of amides is 1. The first-order valence-corrected chi connectivity index (χ1v) is 10.4. The van der Waals surface area contributed by atoms with Crippen LogP contribution < -0.4 is 5.32 Å². The highest BCUT2D eigenvalue weighted by Gasteiger charge is 2.37. The van der Waals surface area contributed by atoms with E-state index in [0.717, 1.165) is 5.76 Å². The molecule has 0 atom stereocenters. The Morgan fingerprint density at radius 3 is 2.37 bits per heavy atom. The third kappa shape index (κ3) is 4.11. The average molecular weight is 386 g/mol. The molecule has 0 saturated carbocycles. The third-order valence-corrected chi connectivity index (χ3v) is 6.18. The highest BCUT2D eigenvalue weighted by atomic mass is 32.1. The zero-order chi connectivity index (χ0) is 19.8. The summed E-state index contributed by atoms with van der Waals surface area (Å²) >= 11 is 4.11. The fraction of sp³-hybridized carbons (Fsp3) is 0.522. The smallest absolute Gasteiger partial charge is 0.287 e. The van der Waals surface area contributed by atoms with Crippen molar-refractivity contribution in [2.75, 3.05) is 12.3 Å². The normalized spacial score (nSPS) is 17.4. The molecule has 4 heteroatoms. The molecule has 0 unspecified atom stereocenters. The fourth-order valence-electron chi connectivity index (χ4n) is 4.00. The second-order valence-corrected chi connectivity index (χ2v) is 9.46. The molecular formula is C23H31NO2S. The molecule has 1 aromatic carbocycles. The molecule has 3 rings (SSSR count). The minimum Gasteiger partial charge on any atom is -0.456 e. The number of thiol groups is 1. The number of hydrogen-bond donors (Lipinski definition) is 2. The van der Waals surface area contributed by atoms with E-state index in [-0.39, 0.29) is 16.7 Å². The van der Waals surface area contributed by atoms with Crippen molar-refractivity contribution in [1.29, 1.82) is 0 Å². The minimum absolute atomic E-state index is 0.180. The van der Waals surface area contributed by atoms with Gasteiger partial charge in [-0.3, -0.25) is 4.79 Å². The lowest BCUT2D eigenvalue weighted by atomic mass is 9.62. The van der Waals surface area contributed by atoms with Crippen molar-refractivity contribution in [3.05, 3.63) is 58.0 Å². The Morgan fingerprint density at radius 2 is 1.74 bits per heavy atom. The molecule has 0 aliphatic heterocycles. The van der Waals surface area contributed by atoms with Crippen LogP contribution in [0.2, 0.25) is 0 Å². The summed E-state index contributed by atoms with van der Waals surface area (Å²) in [5.41, 5.74) is 5.91. The van der Waals surface area contributed by atoms with E-state index in [0.29, 0.717) is 24.5 Å². The van der Waals surface area contributed by atoms with E-state index in [9.17, 15) is 4.79 Å². The molecule has 146 valence electrons. The number of rotatable bonds is 5. The van der Waals surface area contributed by atoms with Gasteiger partial charge in [0.05, 0.1) is 0 Å². The van der Waals surface area contributed by atoms with Gasteiger partial charge in [0.2, 0.25) is 0 Å². The van der Waals surface area contributed by atoms with Crippen LogP contribution in [0.15, 0.2) is 28.7 Å². The average Bonchev–Trinajstić information content (AvgIpc) is 3.07. The Balaban J connectivity index is 1.89. The number of fused-ring (bicyclic) bond motifs is 1. The number of furan rings is 1. The number of hydrogen-bond acceptors (Lipinski definition) is 3. The molecule has 27 heavy (non-hydrogen) atoms. The van der Waals surface area contributed by atoms with Gasteiger partial charge in [0.1, 0.15) is 5.76 Å². The molecule has 1 N–H and O–H groups in total. The summed E-state index contributed by atoms with van der Waals surface area (Å²) in [6, 6.07) is 8.40. The molecule has 1 aliphatic carbocycles. The van der Waals surface area contributed by atoms with Crippen molar-refractivity contribution < 1.29 is 9.21 Å². The number of nitrogens with one attached hydrogen (secondary N) is 1.